The van der Waals surface area contributed by atoms with E-state index in [2.05, 4.69) is 17.1 Å². The fourth-order valence-electron chi connectivity index (χ4n) is 2.88. The van der Waals surface area contributed by atoms with Crippen molar-refractivity contribution in [3.05, 3.63) is 23.8 Å². The van der Waals surface area contributed by atoms with Crippen LogP contribution in [0.1, 0.15) is 30.1 Å². The van der Waals surface area contributed by atoms with Gasteiger partial charge >= 0.3 is 0 Å². The molecule has 1 heterocycles. The summed E-state index contributed by atoms with van der Waals surface area (Å²) in [6, 6.07) is 4.33. The number of benzene rings is 1. The summed E-state index contributed by atoms with van der Waals surface area (Å²) < 4.78 is 27.9. The number of carbonyl (C=O) groups is 1. The second-order valence-electron chi connectivity index (χ2n) is 5.54. The molecular formula is C15H23N3O4S. The van der Waals surface area contributed by atoms with Gasteiger partial charge in [0.1, 0.15) is 5.75 Å². The van der Waals surface area contributed by atoms with Gasteiger partial charge in [0.25, 0.3) is 5.91 Å². The minimum Gasteiger partial charge on any atom is -0.496 e. The number of hydrogen-bond acceptors (Lipinski definition) is 5. The van der Waals surface area contributed by atoms with Gasteiger partial charge in [-0.1, -0.05) is 6.92 Å². The summed E-state index contributed by atoms with van der Waals surface area (Å²) in [5.74, 6) is -0.0985. The monoisotopic (exact) mass is 341 g/mol. The zero-order valence-electron chi connectivity index (χ0n) is 13.4. The molecule has 0 aromatic heterocycles. The van der Waals surface area contributed by atoms with Gasteiger partial charge in [0, 0.05) is 18.7 Å². The van der Waals surface area contributed by atoms with Crippen molar-refractivity contribution in [1.29, 1.82) is 0 Å². The van der Waals surface area contributed by atoms with Crippen molar-refractivity contribution in [2.75, 3.05) is 26.7 Å². The molecule has 3 N–H and O–H groups in total. The lowest BCUT2D eigenvalue weighted by Crippen LogP contribution is -2.40. The predicted molar refractivity (Wildman–Crippen MR) is 87.0 cm³/mol. The number of nitrogens with one attached hydrogen (secondary N) is 1. The molecule has 1 aromatic carbocycles. The summed E-state index contributed by atoms with van der Waals surface area (Å²) in [6.07, 6.45) is 2.20. The quantitative estimate of drug-likeness (QED) is 0.787. The Bertz CT molecular complexity index is 675. The summed E-state index contributed by atoms with van der Waals surface area (Å²) in [4.78, 5) is 14.6. The molecule has 8 heteroatoms. The number of sulfonamides is 1. The largest absolute Gasteiger partial charge is 0.496 e. The number of methoxy groups -OCH3 is 1. The van der Waals surface area contributed by atoms with Crippen LogP contribution in [0.2, 0.25) is 0 Å². The average Bonchev–Trinajstić information content (AvgIpc) is 2.98. The van der Waals surface area contributed by atoms with Gasteiger partial charge in [0.05, 0.1) is 17.6 Å². The maximum Gasteiger partial charge on any atom is 0.255 e. The van der Waals surface area contributed by atoms with Gasteiger partial charge in [0.15, 0.2) is 0 Å². The van der Waals surface area contributed by atoms with E-state index in [-0.39, 0.29) is 16.6 Å². The van der Waals surface area contributed by atoms with E-state index in [1.165, 1.54) is 25.3 Å². The molecule has 0 spiro atoms. The summed E-state index contributed by atoms with van der Waals surface area (Å²) in [7, 11) is -2.45. The predicted octanol–water partition coefficient (Wildman–Crippen LogP) is 0.557. The Morgan fingerprint density at radius 2 is 2.22 bits per heavy atom. The lowest BCUT2D eigenvalue weighted by molar-refractivity contribution is 0.0938. The SMILES string of the molecule is CCN1CCC[C@H]1CNC(=O)c1ccc(S(N)(=O)=O)cc1OC. The number of hydrogen-bond donors (Lipinski definition) is 2. The van der Waals surface area contributed by atoms with Gasteiger partial charge in [-0.2, -0.15) is 0 Å². The minimum absolute atomic E-state index is 0.0844. The molecule has 128 valence electrons. The number of rotatable bonds is 6. The molecular weight excluding hydrogens is 318 g/mol. The van der Waals surface area contributed by atoms with E-state index in [0.29, 0.717) is 18.2 Å². The van der Waals surface area contributed by atoms with E-state index >= 15 is 0 Å². The molecule has 1 saturated heterocycles. The highest BCUT2D eigenvalue weighted by molar-refractivity contribution is 7.89. The zero-order chi connectivity index (χ0) is 17.0. The van der Waals surface area contributed by atoms with Gasteiger partial charge in [-0.15, -0.1) is 0 Å². The summed E-state index contributed by atoms with van der Waals surface area (Å²) in [5, 5.41) is 7.99. The molecule has 1 aromatic rings. The highest BCUT2D eigenvalue weighted by atomic mass is 32.2. The van der Waals surface area contributed by atoms with Gasteiger partial charge in [-0.3, -0.25) is 9.69 Å². The zero-order valence-corrected chi connectivity index (χ0v) is 14.2. The summed E-state index contributed by atoms with van der Waals surface area (Å²) in [6.45, 7) is 4.69. The highest BCUT2D eigenvalue weighted by Crippen LogP contribution is 2.22. The first kappa shape index (κ1) is 17.7. The molecule has 0 radical (unpaired) electrons. The first-order chi connectivity index (χ1) is 10.9. The second-order valence-corrected chi connectivity index (χ2v) is 7.10. The third-order valence-electron chi connectivity index (χ3n) is 4.15. The number of primary sulfonamides is 1. The normalized spacial score (nSPS) is 18.8. The van der Waals surface area contributed by atoms with Crippen LogP contribution in [0.25, 0.3) is 0 Å². The van der Waals surface area contributed by atoms with E-state index < -0.39 is 10.0 Å². The van der Waals surface area contributed by atoms with Gasteiger partial charge < -0.3 is 10.1 Å². The number of carbonyl (C=O) groups excluding carboxylic acids is 1. The Morgan fingerprint density at radius 1 is 1.48 bits per heavy atom. The van der Waals surface area contributed by atoms with Crippen LogP contribution in [-0.2, 0) is 10.0 Å². The van der Waals surface area contributed by atoms with Gasteiger partial charge in [-0.05, 0) is 38.1 Å². The molecule has 0 unspecified atom stereocenters. The molecule has 1 fully saturated rings. The van der Waals surface area contributed by atoms with Crippen LogP contribution in [-0.4, -0.2) is 52.0 Å². The van der Waals surface area contributed by atoms with E-state index in [9.17, 15) is 13.2 Å². The maximum absolute atomic E-state index is 12.3. The number of likely N-dealkylation sites (N-methyl/N-ethyl adjacent to an activating group) is 1. The van der Waals surface area contributed by atoms with Crippen molar-refractivity contribution in [2.24, 2.45) is 5.14 Å². The van der Waals surface area contributed by atoms with Crippen molar-refractivity contribution in [3.63, 3.8) is 0 Å². The van der Waals surface area contributed by atoms with Crippen LogP contribution in [0.3, 0.4) is 0 Å². The van der Waals surface area contributed by atoms with Crippen LogP contribution in [0.5, 0.6) is 5.75 Å². The molecule has 1 amide bonds. The van der Waals surface area contributed by atoms with Crippen LogP contribution >= 0.6 is 0 Å². The van der Waals surface area contributed by atoms with E-state index in [1.54, 1.807) is 0 Å². The Balaban J connectivity index is 2.10. The lowest BCUT2D eigenvalue weighted by atomic mass is 10.1. The van der Waals surface area contributed by atoms with Crippen LogP contribution in [0.4, 0.5) is 0 Å². The van der Waals surface area contributed by atoms with Crippen LogP contribution in [0, 0.1) is 0 Å². The van der Waals surface area contributed by atoms with Crippen LogP contribution < -0.4 is 15.2 Å². The molecule has 1 aliphatic rings. The van der Waals surface area contributed by atoms with Crippen molar-refractivity contribution < 1.29 is 17.9 Å². The fraction of sp³-hybridized carbons (Fsp3) is 0.533. The molecule has 23 heavy (non-hydrogen) atoms. The number of nitrogens with two attached hydrogens (primary N) is 1. The number of amides is 1. The Hall–Kier alpha value is -1.64. The smallest absolute Gasteiger partial charge is 0.255 e. The van der Waals surface area contributed by atoms with E-state index in [1.807, 2.05) is 0 Å². The maximum atomic E-state index is 12.3. The standard InChI is InChI=1S/C15H23N3O4S/c1-3-18-8-4-5-11(18)10-17-15(19)13-7-6-12(23(16,20)21)9-14(13)22-2/h6-7,9,11H,3-5,8,10H2,1-2H3,(H,17,19)(H2,16,20,21)/t11-/m0/s1. The Labute approximate surface area is 136 Å². The third kappa shape index (κ3) is 4.21. The number of ether oxygens (including phenoxy) is 1. The van der Waals surface area contributed by atoms with Crippen LogP contribution in [0.15, 0.2) is 23.1 Å². The average molecular weight is 341 g/mol. The molecule has 1 aliphatic heterocycles. The molecule has 0 bridgehead atoms. The molecule has 7 nitrogen and oxygen atoms in total. The topological polar surface area (TPSA) is 102 Å². The molecule has 0 aliphatic carbocycles. The molecule has 1 atom stereocenters. The number of nitrogens with zero attached hydrogens (tertiary/aromatic N) is 1. The molecule has 2 rings (SSSR count). The Kier molecular flexibility index (Phi) is 5.61. The second kappa shape index (κ2) is 7.29. The van der Waals surface area contributed by atoms with Crippen molar-refractivity contribution in [2.45, 2.75) is 30.7 Å². The first-order valence-corrected chi connectivity index (χ1v) is 9.14. The van der Waals surface area contributed by atoms with E-state index in [4.69, 9.17) is 9.88 Å². The lowest BCUT2D eigenvalue weighted by Gasteiger charge is -2.23. The van der Waals surface area contributed by atoms with Gasteiger partial charge in [0.2, 0.25) is 10.0 Å². The summed E-state index contributed by atoms with van der Waals surface area (Å²) >= 11 is 0. The fourth-order valence-corrected chi connectivity index (χ4v) is 3.41. The third-order valence-corrected chi connectivity index (χ3v) is 5.06. The highest BCUT2D eigenvalue weighted by Gasteiger charge is 2.24. The van der Waals surface area contributed by atoms with Crippen molar-refractivity contribution in [3.8, 4) is 5.75 Å². The van der Waals surface area contributed by atoms with Gasteiger partial charge in [-0.25, -0.2) is 13.6 Å². The van der Waals surface area contributed by atoms with E-state index in [0.717, 1.165) is 25.9 Å². The first-order valence-electron chi connectivity index (χ1n) is 7.60. The molecule has 0 saturated carbocycles. The summed E-state index contributed by atoms with van der Waals surface area (Å²) in [5.41, 5.74) is 0.293. The van der Waals surface area contributed by atoms with Crippen molar-refractivity contribution in [1.82, 2.24) is 10.2 Å². The Morgan fingerprint density at radius 3 is 2.83 bits per heavy atom. The minimum atomic E-state index is -3.83. The van der Waals surface area contributed by atoms with Crippen molar-refractivity contribution >= 4 is 15.9 Å². The number of likely N-dealkylation sites (tertiary alicyclic amines) is 1.